The molecule has 0 saturated carbocycles. The molecule has 0 fully saturated rings. The Labute approximate surface area is 91.6 Å². The summed E-state index contributed by atoms with van der Waals surface area (Å²) in [6.45, 7) is 2.48. The Morgan fingerprint density at radius 3 is 2.64 bits per heavy atom. The molecule has 5 nitrogen and oxygen atoms in total. The molecule has 2 N–H and O–H groups in total. The van der Waals surface area contributed by atoms with Gasteiger partial charge in [-0.1, -0.05) is 30.1 Å². The van der Waals surface area contributed by atoms with Crippen molar-refractivity contribution in [2.75, 3.05) is 12.3 Å². The average molecular weight is 237 g/mol. The number of alkyl halides is 2. The van der Waals surface area contributed by atoms with Gasteiger partial charge in [0.15, 0.2) is 10.7 Å². The number of rotatable bonds is 4. The molecule has 0 unspecified atom stereocenters. The first-order valence-corrected chi connectivity index (χ1v) is 4.93. The molecule has 1 rings (SSSR count). The standard InChI is InChI=1S/C7H10Cl2N4O/c1-2-3-14-7-12-5(4(8)9)11-6(10)13-7/h4H,2-3H2,1H3,(H2,10,11,12,13). The van der Waals surface area contributed by atoms with E-state index in [0.29, 0.717) is 6.61 Å². The van der Waals surface area contributed by atoms with Gasteiger partial charge < -0.3 is 10.5 Å². The van der Waals surface area contributed by atoms with E-state index in [1.54, 1.807) is 0 Å². The summed E-state index contributed by atoms with van der Waals surface area (Å²) in [7, 11) is 0. The molecule has 1 aromatic rings. The molecule has 0 aliphatic heterocycles. The van der Waals surface area contributed by atoms with Crippen LogP contribution in [0.5, 0.6) is 6.01 Å². The minimum Gasteiger partial charge on any atom is -0.463 e. The van der Waals surface area contributed by atoms with Crippen LogP contribution in [0, 0.1) is 0 Å². The summed E-state index contributed by atoms with van der Waals surface area (Å²) >= 11 is 11.2. The Bertz CT molecular complexity index is 308. The van der Waals surface area contributed by atoms with Crippen LogP contribution < -0.4 is 10.5 Å². The Balaban J connectivity index is 2.84. The molecule has 0 amide bonds. The zero-order chi connectivity index (χ0) is 10.6. The van der Waals surface area contributed by atoms with Crippen LogP contribution in [0.25, 0.3) is 0 Å². The number of nitrogens with two attached hydrogens (primary N) is 1. The summed E-state index contributed by atoms with van der Waals surface area (Å²) in [4.78, 5) is 10.6. The molecule has 1 heterocycles. The predicted molar refractivity (Wildman–Crippen MR) is 54.5 cm³/mol. The maximum absolute atomic E-state index is 5.58. The zero-order valence-corrected chi connectivity index (χ0v) is 9.09. The number of hydrogen-bond donors (Lipinski definition) is 1. The molecule has 0 bridgehead atoms. The monoisotopic (exact) mass is 236 g/mol. The lowest BCUT2D eigenvalue weighted by molar-refractivity contribution is 0.291. The highest BCUT2D eigenvalue weighted by Crippen LogP contribution is 2.22. The second kappa shape index (κ2) is 5.17. The molecule has 0 radical (unpaired) electrons. The topological polar surface area (TPSA) is 73.9 Å². The van der Waals surface area contributed by atoms with Gasteiger partial charge in [0, 0.05) is 0 Å². The van der Waals surface area contributed by atoms with Crippen molar-refractivity contribution in [3.63, 3.8) is 0 Å². The van der Waals surface area contributed by atoms with E-state index in [-0.39, 0.29) is 17.8 Å². The van der Waals surface area contributed by atoms with Gasteiger partial charge >= 0.3 is 6.01 Å². The van der Waals surface area contributed by atoms with Gasteiger partial charge in [-0.3, -0.25) is 0 Å². The highest BCUT2D eigenvalue weighted by Gasteiger charge is 2.11. The van der Waals surface area contributed by atoms with Crippen LogP contribution in [-0.4, -0.2) is 21.6 Å². The lowest BCUT2D eigenvalue weighted by Gasteiger charge is -2.05. The van der Waals surface area contributed by atoms with Gasteiger partial charge in [0.25, 0.3) is 0 Å². The number of halogens is 2. The van der Waals surface area contributed by atoms with Crippen molar-refractivity contribution in [2.45, 2.75) is 18.2 Å². The lowest BCUT2D eigenvalue weighted by Crippen LogP contribution is -2.07. The van der Waals surface area contributed by atoms with Crippen LogP contribution in [0.4, 0.5) is 5.95 Å². The summed E-state index contributed by atoms with van der Waals surface area (Å²) in [5, 5.41) is 0. The Hall–Kier alpha value is -0.810. The van der Waals surface area contributed by atoms with E-state index in [2.05, 4.69) is 15.0 Å². The average Bonchev–Trinajstić information content (AvgIpc) is 2.14. The minimum atomic E-state index is -0.829. The van der Waals surface area contributed by atoms with E-state index < -0.39 is 4.84 Å². The van der Waals surface area contributed by atoms with Crippen LogP contribution >= 0.6 is 23.2 Å². The fourth-order valence-electron chi connectivity index (χ4n) is 0.744. The smallest absolute Gasteiger partial charge is 0.321 e. The number of nitrogens with zero attached hydrogens (tertiary/aromatic N) is 3. The van der Waals surface area contributed by atoms with Gasteiger partial charge in [-0.2, -0.15) is 15.0 Å². The molecule has 0 aromatic carbocycles. The van der Waals surface area contributed by atoms with Crippen molar-refractivity contribution in [1.29, 1.82) is 0 Å². The van der Waals surface area contributed by atoms with Gasteiger partial charge in [-0.05, 0) is 6.42 Å². The first kappa shape index (κ1) is 11.3. The molecule has 0 atom stereocenters. The zero-order valence-electron chi connectivity index (χ0n) is 7.57. The summed E-state index contributed by atoms with van der Waals surface area (Å²) < 4.78 is 5.17. The van der Waals surface area contributed by atoms with Crippen molar-refractivity contribution in [1.82, 2.24) is 15.0 Å². The molecule has 0 aliphatic carbocycles. The van der Waals surface area contributed by atoms with Gasteiger partial charge in [-0.15, -0.1) is 0 Å². The second-order valence-electron chi connectivity index (χ2n) is 2.48. The fraction of sp³-hybridized carbons (Fsp3) is 0.571. The van der Waals surface area contributed by atoms with Gasteiger partial charge in [-0.25, -0.2) is 0 Å². The van der Waals surface area contributed by atoms with Gasteiger partial charge in [0.2, 0.25) is 5.95 Å². The fourth-order valence-corrected chi connectivity index (χ4v) is 0.939. The molecule has 78 valence electrons. The second-order valence-corrected chi connectivity index (χ2v) is 3.58. The van der Waals surface area contributed by atoms with Crippen LogP contribution in [0.15, 0.2) is 0 Å². The lowest BCUT2D eigenvalue weighted by atomic mass is 10.5. The number of anilines is 1. The Kier molecular flexibility index (Phi) is 4.16. The van der Waals surface area contributed by atoms with E-state index in [1.807, 2.05) is 6.92 Å². The van der Waals surface area contributed by atoms with E-state index in [9.17, 15) is 0 Å². The maximum atomic E-state index is 5.58. The summed E-state index contributed by atoms with van der Waals surface area (Å²) in [6, 6.07) is 0.153. The predicted octanol–water partition coefficient (Wildman–Crippen LogP) is 1.72. The molecular weight excluding hydrogens is 227 g/mol. The third kappa shape index (κ3) is 3.16. The number of ether oxygens (including phenoxy) is 1. The van der Waals surface area contributed by atoms with E-state index in [1.165, 1.54) is 0 Å². The number of aromatic nitrogens is 3. The normalized spacial score (nSPS) is 10.6. The molecule has 0 aliphatic rings. The number of hydrogen-bond acceptors (Lipinski definition) is 5. The first-order valence-electron chi connectivity index (χ1n) is 4.06. The van der Waals surface area contributed by atoms with Crippen molar-refractivity contribution >= 4 is 29.2 Å². The van der Waals surface area contributed by atoms with Crippen molar-refractivity contribution < 1.29 is 4.74 Å². The molecule has 14 heavy (non-hydrogen) atoms. The summed E-state index contributed by atoms with van der Waals surface area (Å²) in [6.07, 6.45) is 0.853. The van der Waals surface area contributed by atoms with Crippen molar-refractivity contribution in [3.05, 3.63) is 5.82 Å². The van der Waals surface area contributed by atoms with Crippen molar-refractivity contribution in [3.8, 4) is 6.01 Å². The number of nitrogen functional groups attached to an aromatic ring is 1. The minimum absolute atomic E-state index is 0.0485. The molecule has 0 spiro atoms. The summed E-state index contributed by atoms with van der Waals surface area (Å²) in [5.74, 6) is 0.249. The third-order valence-corrected chi connectivity index (χ3v) is 1.67. The van der Waals surface area contributed by atoms with Gasteiger partial charge in [0.1, 0.15) is 0 Å². The van der Waals surface area contributed by atoms with Crippen LogP contribution in [-0.2, 0) is 0 Å². The van der Waals surface area contributed by atoms with Crippen LogP contribution in [0.1, 0.15) is 24.0 Å². The van der Waals surface area contributed by atoms with Crippen LogP contribution in [0.2, 0.25) is 0 Å². The molecule has 7 heteroatoms. The molecule has 1 aromatic heterocycles. The van der Waals surface area contributed by atoms with E-state index >= 15 is 0 Å². The van der Waals surface area contributed by atoms with Crippen LogP contribution in [0.3, 0.4) is 0 Å². The van der Waals surface area contributed by atoms with E-state index in [4.69, 9.17) is 33.7 Å². The van der Waals surface area contributed by atoms with Gasteiger partial charge in [0.05, 0.1) is 6.61 Å². The Morgan fingerprint density at radius 1 is 1.36 bits per heavy atom. The maximum Gasteiger partial charge on any atom is 0.321 e. The third-order valence-electron chi connectivity index (χ3n) is 1.28. The quantitative estimate of drug-likeness (QED) is 0.807. The Morgan fingerprint density at radius 2 is 2.07 bits per heavy atom. The van der Waals surface area contributed by atoms with Crippen molar-refractivity contribution in [2.24, 2.45) is 0 Å². The molecular formula is C7H10Cl2N4O. The largest absolute Gasteiger partial charge is 0.463 e. The highest BCUT2D eigenvalue weighted by atomic mass is 35.5. The first-order chi connectivity index (χ1) is 6.63. The van der Waals surface area contributed by atoms with E-state index in [0.717, 1.165) is 6.42 Å². The SMILES string of the molecule is CCCOc1nc(N)nc(C(Cl)Cl)n1. The summed E-state index contributed by atoms with van der Waals surface area (Å²) in [5.41, 5.74) is 5.41. The molecule has 0 saturated heterocycles. The highest BCUT2D eigenvalue weighted by molar-refractivity contribution is 6.43.